The largest absolute Gasteiger partial charge is 0.368 e. The number of nitro groups is 1. The Morgan fingerprint density at radius 3 is 2.19 bits per heavy atom. The highest BCUT2D eigenvalue weighted by Crippen LogP contribution is 2.14. The van der Waals surface area contributed by atoms with Gasteiger partial charge in [0.25, 0.3) is 5.69 Å². The number of halogens is 2. The molecule has 7 nitrogen and oxygen atoms in total. The zero-order valence-corrected chi connectivity index (χ0v) is 13.4. The van der Waals surface area contributed by atoms with Crippen molar-refractivity contribution in [1.29, 1.82) is 0 Å². The van der Waals surface area contributed by atoms with E-state index >= 15 is 0 Å². The van der Waals surface area contributed by atoms with Gasteiger partial charge in [-0.25, -0.2) is 8.78 Å². The summed E-state index contributed by atoms with van der Waals surface area (Å²) in [6, 6.07) is 7.45. The summed E-state index contributed by atoms with van der Waals surface area (Å²) in [6.07, 6.45) is -0.610. The minimum Gasteiger partial charge on any atom is -0.368 e. The van der Waals surface area contributed by atoms with Gasteiger partial charge in [0.15, 0.2) is 0 Å². The van der Waals surface area contributed by atoms with E-state index in [0.29, 0.717) is 5.56 Å². The Bertz CT molecular complexity index is 820. The summed E-state index contributed by atoms with van der Waals surface area (Å²) < 4.78 is 27.2. The number of primary amides is 1. The standard InChI is InChI=1S/C17H15F2N3O4/c18-13-2-1-3-14(19)12(13)9-16(23)21-15(17(20)24)8-10-4-6-11(7-5-10)22(25)26/h1-7,15H,8-9H2,(H2,20,24)(H,21,23)/t15-/m0/s1. The molecular formula is C17H15F2N3O4. The predicted octanol–water partition coefficient (Wildman–Crippen LogP) is 1.63. The van der Waals surface area contributed by atoms with E-state index in [1.165, 1.54) is 30.3 Å². The van der Waals surface area contributed by atoms with Crippen LogP contribution in [0.15, 0.2) is 42.5 Å². The SMILES string of the molecule is NC(=O)[C@H](Cc1ccc([N+](=O)[O-])cc1)NC(=O)Cc1c(F)cccc1F. The van der Waals surface area contributed by atoms with E-state index in [2.05, 4.69) is 5.32 Å². The van der Waals surface area contributed by atoms with Crippen LogP contribution in [-0.2, 0) is 22.4 Å². The van der Waals surface area contributed by atoms with Crippen molar-refractivity contribution in [2.75, 3.05) is 0 Å². The summed E-state index contributed by atoms with van der Waals surface area (Å²) in [6.45, 7) is 0. The third-order valence-electron chi connectivity index (χ3n) is 3.66. The highest BCUT2D eigenvalue weighted by atomic mass is 19.1. The van der Waals surface area contributed by atoms with Crippen LogP contribution < -0.4 is 11.1 Å². The van der Waals surface area contributed by atoms with Crippen LogP contribution >= 0.6 is 0 Å². The first-order chi connectivity index (χ1) is 12.3. The number of nitrogens with two attached hydrogens (primary N) is 1. The maximum absolute atomic E-state index is 13.6. The lowest BCUT2D eigenvalue weighted by atomic mass is 10.0. The molecule has 0 aromatic heterocycles. The Morgan fingerprint density at radius 1 is 1.12 bits per heavy atom. The Kier molecular flexibility index (Phi) is 5.94. The summed E-state index contributed by atoms with van der Waals surface area (Å²) in [7, 11) is 0. The Morgan fingerprint density at radius 2 is 1.69 bits per heavy atom. The number of benzene rings is 2. The lowest BCUT2D eigenvalue weighted by molar-refractivity contribution is -0.384. The molecule has 0 heterocycles. The molecule has 2 aromatic rings. The molecule has 0 saturated heterocycles. The fourth-order valence-corrected chi connectivity index (χ4v) is 2.32. The summed E-state index contributed by atoms with van der Waals surface area (Å²) in [5.41, 5.74) is 5.24. The average Bonchev–Trinajstić information content (AvgIpc) is 2.58. The molecule has 0 saturated carbocycles. The lowest BCUT2D eigenvalue weighted by Gasteiger charge is -2.16. The van der Waals surface area contributed by atoms with Gasteiger partial charge in [-0.3, -0.25) is 19.7 Å². The van der Waals surface area contributed by atoms with Gasteiger partial charge in [0, 0.05) is 24.1 Å². The molecule has 0 bridgehead atoms. The molecule has 0 spiro atoms. The first-order valence-corrected chi connectivity index (χ1v) is 7.53. The summed E-state index contributed by atoms with van der Waals surface area (Å²) in [4.78, 5) is 33.6. The van der Waals surface area contributed by atoms with Crippen LogP contribution in [-0.4, -0.2) is 22.8 Å². The van der Waals surface area contributed by atoms with Crippen LogP contribution in [0, 0.1) is 21.7 Å². The van der Waals surface area contributed by atoms with Crippen molar-refractivity contribution in [3.05, 3.63) is 75.3 Å². The molecule has 2 amide bonds. The molecule has 2 aromatic carbocycles. The van der Waals surface area contributed by atoms with Crippen molar-refractivity contribution < 1.29 is 23.3 Å². The topological polar surface area (TPSA) is 115 Å². The number of hydrogen-bond donors (Lipinski definition) is 2. The molecule has 136 valence electrons. The Balaban J connectivity index is 2.06. The molecule has 0 radical (unpaired) electrons. The molecule has 0 fully saturated rings. The first-order valence-electron chi connectivity index (χ1n) is 7.53. The highest BCUT2D eigenvalue weighted by molar-refractivity contribution is 5.87. The molecule has 0 aliphatic rings. The van der Waals surface area contributed by atoms with E-state index in [1.54, 1.807) is 0 Å². The summed E-state index contributed by atoms with van der Waals surface area (Å²) in [5, 5.41) is 13.0. The smallest absolute Gasteiger partial charge is 0.269 e. The highest BCUT2D eigenvalue weighted by Gasteiger charge is 2.21. The van der Waals surface area contributed by atoms with Crippen molar-refractivity contribution in [3.8, 4) is 0 Å². The zero-order chi connectivity index (χ0) is 19.3. The fraction of sp³-hybridized carbons (Fsp3) is 0.176. The molecule has 26 heavy (non-hydrogen) atoms. The number of rotatable bonds is 7. The second-order valence-electron chi connectivity index (χ2n) is 5.53. The van der Waals surface area contributed by atoms with Crippen molar-refractivity contribution in [3.63, 3.8) is 0 Å². The Labute approximate surface area is 147 Å². The molecule has 0 aliphatic heterocycles. The van der Waals surface area contributed by atoms with Crippen LogP contribution in [0.3, 0.4) is 0 Å². The molecule has 1 atom stereocenters. The molecule has 0 unspecified atom stereocenters. The summed E-state index contributed by atoms with van der Waals surface area (Å²) in [5.74, 6) is -3.36. The number of nitrogens with zero attached hydrogens (tertiary/aromatic N) is 1. The number of non-ortho nitro benzene ring substituents is 1. The first kappa shape index (κ1) is 19.0. The van der Waals surface area contributed by atoms with Crippen molar-refractivity contribution in [1.82, 2.24) is 5.32 Å². The number of amides is 2. The second-order valence-corrected chi connectivity index (χ2v) is 5.53. The second kappa shape index (κ2) is 8.15. The molecular weight excluding hydrogens is 348 g/mol. The van der Waals surface area contributed by atoms with Gasteiger partial charge in [0.1, 0.15) is 17.7 Å². The van der Waals surface area contributed by atoms with E-state index in [1.807, 2.05) is 0 Å². The quantitative estimate of drug-likeness (QED) is 0.574. The normalized spacial score (nSPS) is 11.6. The van der Waals surface area contributed by atoms with Gasteiger partial charge in [-0.2, -0.15) is 0 Å². The summed E-state index contributed by atoms with van der Waals surface area (Å²) >= 11 is 0. The van der Waals surface area contributed by atoms with Crippen LogP contribution in [0.4, 0.5) is 14.5 Å². The van der Waals surface area contributed by atoms with Gasteiger partial charge in [-0.15, -0.1) is 0 Å². The molecule has 0 aliphatic carbocycles. The van der Waals surface area contributed by atoms with E-state index in [0.717, 1.165) is 12.1 Å². The van der Waals surface area contributed by atoms with Gasteiger partial charge in [-0.05, 0) is 17.7 Å². The van der Waals surface area contributed by atoms with Gasteiger partial charge < -0.3 is 11.1 Å². The third kappa shape index (κ3) is 4.82. The number of carbonyl (C=O) groups is 2. The lowest BCUT2D eigenvalue weighted by Crippen LogP contribution is -2.46. The maximum atomic E-state index is 13.6. The molecule has 3 N–H and O–H groups in total. The number of carbonyl (C=O) groups excluding carboxylic acids is 2. The van der Waals surface area contributed by atoms with Crippen LogP contribution in [0.25, 0.3) is 0 Å². The Hall–Kier alpha value is -3.36. The van der Waals surface area contributed by atoms with E-state index < -0.39 is 46.4 Å². The predicted molar refractivity (Wildman–Crippen MR) is 88.0 cm³/mol. The fourth-order valence-electron chi connectivity index (χ4n) is 2.32. The van der Waals surface area contributed by atoms with Crippen molar-refractivity contribution in [2.24, 2.45) is 5.73 Å². The number of hydrogen-bond acceptors (Lipinski definition) is 4. The molecule has 2 rings (SSSR count). The van der Waals surface area contributed by atoms with E-state index in [-0.39, 0.29) is 12.1 Å². The van der Waals surface area contributed by atoms with Gasteiger partial charge in [0.05, 0.1) is 11.3 Å². The molecule has 9 heteroatoms. The zero-order valence-electron chi connectivity index (χ0n) is 13.4. The van der Waals surface area contributed by atoms with Gasteiger partial charge >= 0.3 is 0 Å². The minimum atomic E-state index is -1.13. The number of nitrogens with one attached hydrogen (secondary N) is 1. The van der Waals surface area contributed by atoms with E-state index in [9.17, 15) is 28.5 Å². The van der Waals surface area contributed by atoms with Gasteiger partial charge in [0.2, 0.25) is 11.8 Å². The maximum Gasteiger partial charge on any atom is 0.269 e. The third-order valence-corrected chi connectivity index (χ3v) is 3.66. The van der Waals surface area contributed by atoms with Crippen LogP contribution in [0.1, 0.15) is 11.1 Å². The van der Waals surface area contributed by atoms with Crippen molar-refractivity contribution in [2.45, 2.75) is 18.9 Å². The monoisotopic (exact) mass is 363 g/mol. The van der Waals surface area contributed by atoms with Gasteiger partial charge in [-0.1, -0.05) is 18.2 Å². The number of nitro benzene ring substituents is 1. The minimum absolute atomic E-state index is 0.0151. The van der Waals surface area contributed by atoms with E-state index in [4.69, 9.17) is 5.73 Å². The average molecular weight is 363 g/mol. The van der Waals surface area contributed by atoms with Crippen LogP contribution in [0.5, 0.6) is 0 Å². The van der Waals surface area contributed by atoms with Crippen LogP contribution in [0.2, 0.25) is 0 Å². The van der Waals surface area contributed by atoms with Crippen molar-refractivity contribution >= 4 is 17.5 Å².